The molecule has 1 aliphatic heterocycles. The molecule has 0 amide bonds. The van der Waals surface area contributed by atoms with Crippen molar-refractivity contribution in [1.29, 1.82) is 0 Å². The number of benzene rings is 2. The number of rotatable bonds is 7. The van der Waals surface area contributed by atoms with Crippen LogP contribution < -0.4 is 9.47 Å². The molecule has 0 bridgehead atoms. The van der Waals surface area contributed by atoms with Gasteiger partial charge in [0.15, 0.2) is 11.5 Å². The standard InChI is InChI=1S/C25H33NO4/c1-18-5-8-21(9-6-18)25(28)11-3-4-20-16-26(17-22(20)25)15-19-7-10-23(30-13-12-27)24(14-19)29-2/h5-10,14,20,22,27-28H,3-4,11-13,15-17H2,1-2H3. The minimum atomic E-state index is -0.731. The third-order valence-corrected chi connectivity index (χ3v) is 6.80. The summed E-state index contributed by atoms with van der Waals surface area (Å²) in [5, 5.41) is 20.7. The van der Waals surface area contributed by atoms with Gasteiger partial charge in [0, 0.05) is 25.6 Å². The molecule has 2 aromatic carbocycles. The highest BCUT2D eigenvalue weighted by Crippen LogP contribution is 2.48. The van der Waals surface area contributed by atoms with Crippen molar-refractivity contribution >= 4 is 0 Å². The summed E-state index contributed by atoms with van der Waals surface area (Å²) in [6.45, 7) is 5.06. The van der Waals surface area contributed by atoms with E-state index in [1.807, 2.05) is 12.1 Å². The first-order valence-electron chi connectivity index (χ1n) is 11.0. The van der Waals surface area contributed by atoms with Crippen molar-refractivity contribution in [3.05, 3.63) is 59.2 Å². The molecule has 0 radical (unpaired) electrons. The van der Waals surface area contributed by atoms with E-state index in [0.717, 1.165) is 38.0 Å². The maximum absolute atomic E-state index is 11.7. The molecule has 1 saturated carbocycles. The van der Waals surface area contributed by atoms with E-state index < -0.39 is 5.60 Å². The van der Waals surface area contributed by atoms with Crippen molar-refractivity contribution in [2.24, 2.45) is 11.8 Å². The van der Waals surface area contributed by atoms with E-state index in [1.54, 1.807) is 7.11 Å². The van der Waals surface area contributed by atoms with E-state index in [1.165, 1.54) is 17.5 Å². The highest BCUT2D eigenvalue weighted by molar-refractivity contribution is 5.43. The molecule has 2 aliphatic rings. The van der Waals surface area contributed by atoms with Crippen molar-refractivity contribution in [1.82, 2.24) is 4.90 Å². The average Bonchev–Trinajstić information content (AvgIpc) is 3.17. The molecule has 162 valence electrons. The molecule has 4 rings (SSSR count). The molecule has 5 heteroatoms. The van der Waals surface area contributed by atoms with E-state index in [2.05, 4.69) is 42.2 Å². The van der Waals surface area contributed by atoms with Crippen molar-refractivity contribution < 1.29 is 19.7 Å². The molecule has 30 heavy (non-hydrogen) atoms. The number of aliphatic hydroxyl groups excluding tert-OH is 1. The van der Waals surface area contributed by atoms with Crippen LogP contribution in [0.2, 0.25) is 0 Å². The predicted octanol–water partition coefficient (Wildman–Crippen LogP) is 3.49. The first kappa shape index (κ1) is 21.2. The van der Waals surface area contributed by atoms with Gasteiger partial charge >= 0.3 is 0 Å². The molecule has 2 aromatic rings. The van der Waals surface area contributed by atoms with Crippen molar-refractivity contribution in [2.45, 2.75) is 38.3 Å². The zero-order valence-electron chi connectivity index (χ0n) is 18.0. The Morgan fingerprint density at radius 2 is 1.90 bits per heavy atom. The van der Waals surface area contributed by atoms with Crippen LogP contribution in [0.15, 0.2) is 42.5 Å². The van der Waals surface area contributed by atoms with Gasteiger partial charge in [0.2, 0.25) is 0 Å². The number of methoxy groups -OCH3 is 1. The van der Waals surface area contributed by atoms with Crippen LogP contribution in [0.3, 0.4) is 0 Å². The van der Waals surface area contributed by atoms with Crippen molar-refractivity contribution in [3.63, 3.8) is 0 Å². The second kappa shape index (κ2) is 8.96. The van der Waals surface area contributed by atoms with Crippen LogP contribution in [0.25, 0.3) is 0 Å². The van der Waals surface area contributed by atoms with Crippen LogP contribution in [0.1, 0.15) is 36.0 Å². The van der Waals surface area contributed by atoms with Gasteiger partial charge in [-0.05, 0) is 55.4 Å². The quantitative estimate of drug-likeness (QED) is 0.730. The molecule has 3 unspecified atom stereocenters. The van der Waals surface area contributed by atoms with Crippen LogP contribution in [-0.2, 0) is 12.1 Å². The summed E-state index contributed by atoms with van der Waals surface area (Å²) >= 11 is 0. The SMILES string of the molecule is COc1cc(CN2CC3CCCC(O)(c4ccc(C)cc4)C3C2)ccc1OCCO. The largest absolute Gasteiger partial charge is 0.493 e. The van der Waals surface area contributed by atoms with Gasteiger partial charge in [-0.3, -0.25) is 4.90 Å². The summed E-state index contributed by atoms with van der Waals surface area (Å²) in [6.07, 6.45) is 3.10. The molecule has 2 N–H and O–H groups in total. The topological polar surface area (TPSA) is 62.2 Å². The number of hydrogen-bond acceptors (Lipinski definition) is 5. The van der Waals surface area contributed by atoms with E-state index in [-0.39, 0.29) is 19.1 Å². The fourth-order valence-corrected chi connectivity index (χ4v) is 5.29. The number of aryl methyl sites for hydroxylation is 1. The van der Waals surface area contributed by atoms with Gasteiger partial charge in [0.1, 0.15) is 6.61 Å². The normalized spacial score (nSPS) is 26.4. The minimum Gasteiger partial charge on any atom is -0.493 e. The fraction of sp³-hybridized carbons (Fsp3) is 0.520. The molecule has 3 atom stereocenters. The van der Waals surface area contributed by atoms with Gasteiger partial charge < -0.3 is 19.7 Å². The van der Waals surface area contributed by atoms with Crippen LogP contribution in [-0.4, -0.2) is 48.5 Å². The molecule has 2 fully saturated rings. The Morgan fingerprint density at radius 3 is 2.63 bits per heavy atom. The second-order valence-corrected chi connectivity index (χ2v) is 8.80. The molecule has 0 aromatic heterocycles. The maximum Gasteiger partial charge on any atom is 0.161 e. The Labute approximate surface area is 179 Å². The lowest BCUT2D eigenvalue weighted by Crippen LogP contribution is -2.42. The Bertz CT molecular complexity index is 853. The van der Waals surface area contributed by atoms with Crippen LogP contribution >= 0.6 is 0 Å². The second-order valence-electron chi connectivity index (χ2n) is 8.80. The zero-order valence-corrected chi connectivity index (χ0v) is 18.0. The van der Waals surface area contributed by atoms with Crippen LogP contribution in [0.5, 0.6) is 11.5 Å². The van der Waals surface area contributed by atoms with E-state index in [4.69, 9.17) is 14.6 Å². The third kappa shape index (κ3) is 4.20. The van der Waals surface area contributed by atoms with Crippen LogP contribution in [0.4, 0.5) is 0 Å². The lowest BCUT2D eigenvalue weighted by molar-refractivity contribution is -0.0648. The first-order valence-corrected chi connectivity index (χ1v) is 11.0. The van der Waals surface area contributed by atoms with Crippen molar-refractivity contribution in [2.75, 3.05) is 33.4 Å². The lowest BCUT2D eigenvalue weighted by Gasteiger charge is -2.41. The summed E-state index contributed by atoms with van der Waals surface area (Å²) in [7, 11) is 1.64. The van der Waals surface area contributed by atoms with Gasteiger partial charge in [-0.1, -0.05) is 35.9 Å². The molecule has 1 saturated heterocycles. The minimum absolute atomic E-state index is 0.0225. The summed E-state index contributed by atoms with van der Waals surface area (Å²) in [5.74, 6) is 2.13. The van der Waals surface area contributed by atoms with E-state index in [9.17, 15) is 5.11 Å². The molecule has 0 spiro atoms. The number of nitrogens with zero attached hydrogens (tertiary/aromatic N) is 1. The Morgan fingerprint density at radius 1 is 1.10 bits per heavy atom. The Hall–Kier alpha value is -2.08. The van der Waals surface area contributed by atoms with Gasteiger partial charge in [0.05, 0.1) is 19.3 Å². The lowest BCUT2D eigenvalue weighted by atomic mass is 9.67. The average molecular weight is 412 g/mol. The van der Waals surface area contributed by atoms with Crippen LogP contribution in [0, 0.1) is 18.8 Å². The molecule has 5 nitrogen and oxygen atoms in total. The molecular weight excluding hydrogens is 378 g/mol. The van der Waals surface area contributed by atoms with Crippen molar-refractivity contribution in [3.8, 4) is 11.5 Å². The van der Waals surface area contributed by atoms with E-state index >= 15 is 0 Å². The van der Waals surface area contributed by atoms with Gasteiger partial charge in [-0.25, -0.2) is 0 Å². The molecular formula is C25H33NO4. The highest BCUT2D eigenvalue weighted by Gasteiger charge is 2.49. The van der Waals surface area contributed by atoms with Gasteiger partial charge in [-0.15, -0.1) is 0 Å². The number of likely N-dealkylation sites (tertiary alicyclic amines) is 1. The predicted molar refractivity (Wildman–Crippen MR) is 117 cm³/mol. The number of fused-ring (bicyclic) bond motifs is 1. The third-order valence-electron chi connectivity index (χ3n) is 6.80. The van der Waals surface area contributed by atoms with Gasteiger partial charge in [-0.2, -0.15) is 0 Å². The number of ether oxygens (including phenoxy) is 2. The number of aliphatic hydroxyl groups is 2. The first-order chi connectivity index (χ1) is 14.5. The summed E-state index contributed by atoms with van der Waals surface area (Å²) in [6, 6.07) is 14.4. The molecule has 1 heterocycles. The fourth-order valence-electron chi connectivity index (χ4n) is 5.29. The van der Waals surface area contributed by atoms with Gasteiger partial charge in [0.25, 0.3) is 0 Å². The zero-order chi connectivity index (χ0) is 21.1. The monoisotopic (exact) mass is 411 g/mol. The Kier molecular flexibility index (Phi) is 6.32. The number of hydrogen-bond donors (Lipinski definition) is 2. The summed E-state index contributed by atoms with van der Waals surface area (Å²) < 4.78 is 11.0. The molecule has 1 aliphatic carbocycles. The maximum atomic E-state index is 11.7. The summed E-state index contributed by atoms with van der Waals surface area (Å²) in [4.78, 5) is 2.46. The smallest absolute Gasteiger partial charge is 0.161 e. The van der Waals surface area contributed by atoms with E-state index in [0.29, 0.717) is 17.4 Å². The highest BCUT2D eigenvalue weighted by atomic mass is 16.5. The summed E-state index contributed by atoms with van der Waals surface area (Å²) in [5.41, 5.74) is 2.73. The Balaban J connectivity index is 1.48.